The van der Waals surface area contributed by atoms with Crippen molar-refractivity contribution in [2.75, 3.05) is 0 Å². The van der Waals surface area contributed by atoms with E-state index in [-0.39, 0.29) is 0 Å². The summed E-state index contributed by atoms with van der Waals surface area (Å²) in [7, 11) is 0. The highest BCUT2D eigenvalue weighted by Gasteiger charge is 2.11. The molecule has 0 spiro atoms. The van der Waals surface area contributed by atoms with E-state index < -0.39 is 0 Å². The molecule has 102 valence electrons. The Morgan fingerprint density at radius 1 is 0.952 bits per heavy atom. The van der Waals surface area contributed by atoms with E-state index in [2.05, 4.69) is 73.7 Å². The Kier molecular flexibility index (Phi) is 2.97. The van der Waals surface area contributed by atoms with Gasteiger partial charge < -0.3 is 0 Å². The van der Waals surface area contributed by atoms with Crippen molar-refractivity contribution in [2.45, 2.75) is 6.92 Å². The van der Waals surface area contributed by atoms with Gasteiger partial charge in [-0.25, -0.2) is 4.98 Å². The highest BCUT2D eigenvalue weighted by Crippen LogP contribution is 2.33. The van der Waals surface area contributed by atoms with Crippen molar-refractivity contribution in [2.24, 2.45) is 5.92 Å². The Morgan fingerprint density at radius 3 is 2.67 bits per heavy atom. The van der Waals surface area contributed by atoms with Crippen molar-refractivity contribution in [3.8, 4) is 10.6 Å². The molecule has 0 unspecified atom stereocenters. The van der Waals surface area contributed by atoms with Crippen molar-refractivity contribution >= 4 is 34.3 Å². The number of nitrogens with zero attached hydrogens (tertiary/aromatic N) is 1. The molecule has 2 heteroatoms. The van der Waals surface area contributed by atoms with Gasteiger partial charge in [0, 0.05) is 5.56 Å². The monoisotopic (exact) mass is 289 g/mol. The molecule has 0 aliphatic heterocycles. The predicted octanol–water partition coefficient (Wildman–Crippen LogP) is 5.64. The second-order valence-electron chi connectivity index (χ2n) is 5.41. The van der Waals surface area contributed by atoms with Crippen molar-refractivity contribution < 1.29 is 0 Å². The number of rotatable bonds is 1. The van der Waals surface area contributed by atoms with Gasteiger partial charge >= 0.3 is 0 Å². The molecule has 0 fully saturated rings. The summed E-state index contributed by atoms with van der Waals surface area (Å²) >= 11 is 1.76. The van der Waals surface area contributed by atoms with Gasteiger partial charge in [-0.1, -0.05) is 55.5 Å². The Hall–Kier alpha value is -2.19. The zero-order chi connectivity index (χ0) is 14.2. The third-order valence-electron chi connectivity index (χ3n) is 3.79. The Balaban J connectivity index is 1.81. The van der Waals surface area contributed by atoms with E-state index in [9.17, 15) is 0 Å². The summed E-state index contributed by atoms with van der Waals surface area (Å²) in [6.07, 6.45) is 8.76. The number of fused-ring (bicyclic) bond motifs is 2. The zero-order valence-electron chi connectivity index (χ0n) is 11.8. The van der Waals surface area contributed by atoms with Gasteiger partial charge in [-0.05, 0) is 34.9 Å². The maximum Gasteiger partial charge on any atom is 0.124 e. The minimum atomic E-state index is 0.482. The third kappa shape index (κ3) is 2.32. The number of thiazole rings is 1. The van der Waals surface area contributed by atoms with Crippen LogP contribution in [-0.4, -0.2) is 4.98 Å². The normalized spacial score (nSPS) is 16.9. The molecule has 21 heavy (non-hydrogen) atoms. The predicted molar refractivity (Wildman–Crippen MR) is 92.3 cm³/mol. The number of hydrogen-bond donors (Lipinski definition) is 0. The molecule has 0 saturated carbocycles. The van der Waals surface area contributed by atoms with E-state index in [1.165, 1.54) is 21.2 Å². The summed E-state index contributed by atoms with van der Waals surface area (Å²) in [4.78, 5) is 6.05. The van der Waals surface area contributed by atoms with Crippen LogP contribution in [0.3, 0.4) is 0 Å². The topological polar surface area (TPSA) is 12.9 Å². The molecule has 3 aromatic rings. The molecule has 1 aliphatic carbocycles. The third-order valence-corrected chi connectivity index (χ3v) is 4.87. The molecule has 1 heterocycles. The highest BCUT2D eigenvalue weighted by atomic mass is 32.1. The molecule has 1 nitrogen and oxygen atoms in total. The minimum absolute atomic E-state index is 0.482. The van der Waals surface area contributed by atoms with E-state index in [0.717, 1.165) is 10.7 Å². The molecule has 1 atom stereocenters. The molecule has 0 amide bonds. The van der Waals surface area contributed by atoms with Crippen LogP contribution in [0.15, 0.2) is 54.6 Å². The van der Waals surface area contributed by atoms with Gasteiger partial charge in [-0.3, -0.25) is 0 Å². The van der Waals surface area contributed by atoms with Gasteiger partial charge in [0.05, 0.1) is 10.6 Å². The fourth-order valence-corrected chi connectivity index (χ4v) is 3.54. The number of benzene rings is 2. The first kappa shape index (κ1) is 12.5. The van der Waals surface area contributed by atoms with Crippen molar-refractivity contribution in [3.63, 3.8) is 0 Å². The van der Waals surface area contributed by atoms with E-state index in [1.807, 2.05) is 0 Å². The Bertz CT molecular complexity index is 839. The van der Waals surface area contributed by atoms with E-state index in [1.54, 1.807) is 11.3 Å². The molecule has 4 rings (SSSR count). The molecule has 1 aromatic heterocycles. The average molecular weight is 289 g/mol. The molecule has 0 radical (unpaired) electrons. The fourth-order valence-electron chi connectivity index (χ4n) is 2.57. The van der Waals surface area contributed by atoms with Crippen LogP contribution >= 0.6 is 11.3 Å². The van der Waals surface area contributed by atoms with Crippen molar-refractivity contribution in [1.29, 1.82) is 0 Å². The van der Waals surface area contributed by atoms with Crippen LogP contribution in [0.2, 0.25) is 0 Å². The maximum absolute atomic E-state index is 4.80. The van der Waals surface area contributed by atoms with Crippen LogP contribution in [0.5, 0.6) is 0 Å². The zero-order valence-corrected chi connectivity index (χ0v) is 12.6. The van der Waals surface area contributed by atoms with Crippen LogP contribution < -0.4 is 0 Å². The van der Waals surface area contributed by atoms with E-state index in [0.29, 0.717) is 5.92 Å². The Labute approximate surface area is 128 Å². The largest absolute Gasteiger partial charge is 0.236 e. The van der Waals surface area contributed by atoms with Crippen LogP contribution in [0, 0.1) is 5.92 Å². The van der Waals surface area contributed by atoms with Crippen LogP contribution in [-0.2, 0) is 0 Å². The van der Waals surface area contributed by atoms with E-state index >= 15 is 0 Å². The summed E-state index contributed by atoms with van der Waals surface area (Å²) in [6, 6.07) is 15.0. The molecular formula is C19H15NS. The summed E-state index contributed by atoms with van der Waals surface area (Å²) in [6.45, 7) is 2.19. The van der Waals surface area contributed by atoms with Crippen molar-refractivity contribution in [1.82, 2.24) is 4.98 Å². The number of allylic oxidation sites excluding steroid dienone is 2. The molecule has 2 aromatic carbocycles. The van der Waals surface area contributed by atoms with Crippen LogP contribution in [0.25, 0.3) is 33.5 Å². The minimum Gasteiger partial charge on any atom is -0.236 e. The lowest BCUT2D eigenvalue weighted by molar-refractivity contribution is 0.953. The fraction of sp³-hybridized carbons (Fsp3) is 0.105. The second-order valence-corrected chi connectivity index (χ2v) is 6.44. The first-order chi connectivity index (χ1) is 10.3. The lowest BCUT2D eigenvalue weighted by atomic mass is 10.1. The standard InChI is InChI=1S/C19H15NS/c1-13-6-10-17-18(11-7-13)21-19(20-17)16-9-8-14-4-2-3-5-15(14)12-16/h2-13H,1H3/t13-/m0/s1. The maximum atomic E-state index is 4.80. The smallest absolute Gasteiger partial charge is 0.124 e. The van der Waals surface area contributed by atoms with Gasteiger partial charge in [0.25, 0.3) is 0 Å². The first-order valence-electron chi connectivity index (χ1n) is 7.16. The lowest BCUT2D eigenvalue weighted by Crippen LogP contribution is -1.80. The van der Waals surface area contributed by atoms with Gasteiger partial charge in [-0.2, -0.15) is 0 Å². The Morgan fingerprint density at radius 2 is 1.76 bits per heavy atom. The summed E-state index contributed by atoms with van der Waals surface area (Å²) in [5.74, 6) is 0.482. The molecule has 1 aliphatic rings. The number of aromatic nitrogens is 1. The molecule has 0 bridgehead atoms. The van der Waals surface area contributed by atoms with Gasteiger partial charge in [-0.15, -0.1) is 11.3 Å². The second kappa shape index (κ2) is 4.97. The van der Waals surface area contributed by atoms with Crippen molar-refractivity contribution in [3.05, 3.63) is 65.2 Å². The quantitative estimate of drug-likeness (QED) is 0.565. The molecular weight excluding hydrogens is 274 g/mol. The molecule has 0 N–H and O–H groups in total. The summed E-state index contributed by atoms with van der Waals surface area (Å²) < 4.78 is 0. The first-order valence-corrected chi connectivity index (χ1v) is 7.98. The van der Waals surface area contributed by atoms with Gasteiger partial charge in [0.1, 0.15) is 5.01 Å². The van der Waals surface area contributed by atoms with Crippen LogP contribution in [0.4, 0.5) is 0 Å². The van der Waals surface area contributed by atoms with Gasteiger partial charge in [0.2, 0.25) is 0 Å². The highest BCUT2D eigenvalue weighted by molar-refractivity contribution is 7.16. The average Bonchev–Trinajstić information content (AvgIpc) is 2.86. The van der Waals surface area contributed by atoms with E-state index in [4.69, 9.17) is 4.98 Å². The summed E-state index contributed by atoms with van der Waals surface area (Å²) in [5.41, 5.74) is 2.28. The SMILES string of the molecule is C[C@H]1C=Cc2nc(-c3ccc4ccccc4c3)sc2C=C1. The van der Waals surface area contributed by atoms with Gasteiger partial charge in [0.15, 0.2) is 0 Å². The lowest BCUT2D eigenvalue weighted by Gasteiger charge is -2.00. The molecule has 0 saturated heterocycles. The summed E-state index contributed by atoms with van der Waals surface area (Å²) in [5, 5.41) is 3.63. The van der Waals surface area contributed by atoms with Crippen LogP contribution in [0.1, 0.15) is 17.5 Å². The number of hydrogen-bond acceptors (Lipinski definition) is 2.